The SMILES string of the molecule is Cc1cc(CN2CCN(C)CC2)cc(N2CCOCC2)c1. The van der Waals surface area contributed by atoms with Crippen molar-refractivity contribution >= 4 is 5.69 Å². The molecule has 0 bridgehead atoms. The molecule has 2 aliphatic heterocycles. The average molecular weight is 289 g/mol. The van der Waals surface area contributed by atoms with Gasteiger partial charge in [-0.3, -0.25) is 4.90 Å². The standard InChI is InChI=1S/C17H27N3O/c1-15-11-16(14-19-5-3-18(2)4-6-19)13-17(12-15)20-7-9-21-10-8-20/h11-13H,3-10,14H2,1-2H3. The molecule has 116 valence electrons. The number of hydrogen-bond acceptors (Lipinski definition) is 4. The Morgan fingerprint density at radius 1 is 0.952 bits per heavy atom. The first-order chi connectivity index (χ1) is 10.2. The molecule has 1 aromatic carbocycles. The molecule has 0 radical (unpaired) electrons. The second kappa shape index (κ2) is 6.77. The van der Waals surface area contributed by atoms with Crippen LogP contribution in [0.5, 0.6) is 0 Å². The summed E-state index contributed by atoms with van der Waals surface area (Å²) in [5, 5.41) is 0. The second-order valence-electron chi connectivity index (χ2n) is 6.36. The van der Waals surface area contributed by atoms with E-state index in [0.717, 1.165) is 32.8 Å². The molecule has 0 aliphatic carbocycles. The van der Waals surface area contributed by atoms with E-state index in [-0.39, 0.29) is 0 Å². The van der Waals surface area contributed by atoms with Gasteiger partial charge in [-0.25, -0.2) is 0 Å². The van der Waals surface area contributed by atoms with Crippen LogP contribution in [-0.4, -0.2) is 69.3 Å². The Labute approximate surface area is 128 Å². The quantitative estimate of drug-likeness (QED) is 0.841. The van der Waals surface area contributed by atoms with Crippen molar-refractivity contribution in [2.45, 2.75) is 13.5 Å². The Morgan fingerprint density at radius 2 is 1.67 bits per heavy atom. The first-order valence-electron chi connectivity index (χ1n) is 8.05. The van der Waals surface area contributed by atoms with Gasteiger partial charge in [0.05, 0.1) is 13.2 Å². The van der Waals surface area contributed by atoms with E-state index in [0.29, 0.717) is 0 Å². The number of morpholine rings is 1. The van der Waals surface area contributed by atoms with Gasteiger partial charge in [0.1, 0.15) is 0 Å². The molecule has 2 fully saturated rings. The summed E-state index contributed by atoms with van der Waals surface area (Å²) in [6.45, 7) is 11.7. The molecule has 4 heteroatoms. The summed E-state index contributed by atoms with van der Waals surface area (Å²) in [7, 11) is 2.21. The molecule has 0 amide bonds. The van der Waals surface area contributed by atoms with Crippen LogP contribution in [0.3, 0.4) is 0 Å². The molecule has 0 N–H and O–H groups in total. The summed E-state index contributed by atoms with van der Waals surface area (Å²) in [5.74, 6) is 0. The molecular weight excluding hydrogens is 262 g/mol. The van der Waals surface area contributed by atoms with Gasteiger partial charge in [-0.15, -0.1) is 0 Å². The minimum Gasteiger partial charge on any atom is -0.378 e. The normalized spacial score (nSPS) is 21.7. The Morgan fingerprint density at radius 3 is 2.38 bits per heavy atom. The second-order valence-corrected chi connectivity index (χ2v) is 6.36. The lowest BCUT2D eigenvalue weighted by atomic mass is 10.1. The minimum atomic E-state index is 0.849. The lowest BCUT2D eigenvalue weighted by Gasteiger charge is -2.33. The molecule has 21 heavy (non-hydrogen) atoms. The summed E-state index contributed by atoms with van der Waals surface area (Å²) in [4.78, 5) is 7.42. The fourth-order valence-electron chi connectivity index (χ4n) is 3.20. The van der Waals surface area contributed by atoms with Gasteiger partial charge in [-0.05, 0) is 37.2 Å². The molecule has 2 saturated heterocycles. The number of benzene rings is 1. The Bertz CT molecular complexity index is 463. The zero-order valence-corrected chi connectivity index (χ0v) is 13.3. The highest BCUT2D eigenvalue weighted by Gasteiger charge is 2.16. The summed E-state index contributed by atoms with van der Waals surface area (Å²) in [5.41, 5.74) is 4.17. The maximum Gasteiger partial charge on any atom is 0.0642 e. The highest BCUT2D eigenvalue weighted by Crippen LogP contribution is 2.21. The third kappa shape index (κ3) is 3.96. The third-order valence-electron chi connectivity index (χ3n) is 4.50. The van der Waals surface area contributed by atoms with Crippen molar-refractivity contribution in [3.8, 4) is 0 Å². The lowest BCUT2D eigenvalue weighted by Crippen LogP contribution is -2.43. The monoisotopic (exact) mass is 289 g/mol. The van der Waals surface area contributed by atoms with Crippen LogP contribution in [-0.2, 0) is 11.3 Å². The van der Waals surface area contributed by atoms with E-state index in [4.69, 9.17) is 4.74 Å². The number of hydrogen-bond donors (Lipinski definition) is 0. The van der Waals surface area contributed by atoms with Gasteiger partial charge in [0, 0.05) is 51.5 Å². The first kappa shape index (κ1) is 14.8. The predicted molar refractivity (Wildman–Crippen MR) is 87.0 cm³/mol. The zero-order chi connectivity index (χ0) is 14.7. The number of anilines is 1. The van der Waals surface area contributed by atoms with Crippen LogP contribution in [0.15, 0.2) is 18.2 Å². The van der Waals surface area contributed by atoms with E-state index in [1.54, 1.807) is 0 Å². The van der Waals surface area contributed by atoms with E-state index in [1.807, 2.05) is 0 Å². The summed E-state index contributed by atoms with van der Waals surface area (Å²) >= 11 is 0. The van der Waals surface area contributed by atoms with Gasteiger partial charge in [0.2, 0.25) is 0 Å². The summed E-state index contributed by atoms with van der Waals surface area (Å²) < 4.78 is 5.46. The Balaban J connectivity index is 1.68. The van der Waals surface area contributed by atoms with Crippen molar-refractivity contribution < 1.29 is 4.74 Å². The zero-order valence-electron chi connectivity index (χ0n) is 13.3. The van der Waals surface area contributed by atoms with Crippen LogP contribution in [0, 0.1) is 6.92 Å². The molecule has 1 aromatic rings. The van der Waals surface area contributed by atoms with E-state index in [1.165, 1.54) is 43.0 Å². The Hall–Kier alpha value is -1.10. The van der Waals surface area contributed by atoms with Crippen molar-refractivity contribution in [1.29, 1.82) is 0 Å². The fraction of sp³-hybridized carbons (Fsp3) is 0.647. The largest absolute Gasteiger partial charge is 0.378 e. The number of rotatable bonds is 3. The van der Waals surface area contributed by atoms with Crippen molar-refractivity contribution in [3.63, 3.8) is 0 Å². The molecule has 0 unspecified atom stereocenters. The number of aryl methyl sites for hydroxylation is 1. The van der Waals surface area contributed by atoms with E-state index in [2.05, 4.69) is 46.9 Å². The van der Waals surface area contributed by atoms with Crippen molar-refractivity contribution in [2.75, 3.05) is 64.4 Å². The van der Waals surface area contributed by atoms with Gasteiger partial charge in [-0.1, -0.05) is 6.07 Å². The maximum absolute atomic E-state index is 5.46. The van der Waals surface area contributed by atoms with Crippen molar-refractivity contribution in [1.82, 2.24) is 9.80 Å². The number of ether oxygens (including phenoxy) is 1. The summed E-state index contributed by atoms with van der Waals surface area (Å²) in [6.07, 6.45) is 0. The lowest BCUT2D eigenvalue weighted by molar-refractivity contribution is 0.122. The van der Waals surface area contributed by atoms with E-state index < -0.39 is 0 Å². The van der Waals surface area contributed by atoms with Gasteiger partial charge >= 0.3 is 0 Å². The minimum absolute atomic E-state index is 0.849. The van der Waals surface area contributed by atoms with Crippen molar-refractivity contribution in [2.24, 2.45) is 0 Å². The van der Waals surface area contributed by atoms with Gasteiger partial charge in [0.25, 0.3) is 0 Å². The topological polar surface area (TPSA) is 19.0 Å². The van der Waals surface area contributed by atoms with Gasteiger partial charge < -0.3 is 14.5 Å². The van der Waals surface area contributed by atoms with Crippen LogP contribution in [0.1, 0.15) is 11.1 Å². The molecule has 0 atom stereocenters. The Kier molecular flexibility index (Phi) is 4.78. The number of nitrogens with zero attached hydrogens (tertiary/aromatic N) is 3. The highest BCUT2D eigenvalue weighted by molar-refractivity contribution is 5.51. The summed E-state index contributed by atoms with van der Waals surface area (Å²) in [6, 6.07) is 7.01. The van der Waals surface area contributed by atoms with Crippen LogP contribution < -0.4 is 4.90 Å². The number of likely N-dealkylation sites (N-methyl/N-ethyl adjacent to an activating group) is 1. The molecule has 2 heterocycles. The average Bonchev–Trinajstić information content (AvgIpc) is 2.50. The molecule has 0 aromatic heterocycles. The predicted octanol–water partition coefficient (Wildman–Crippen LogP) is 1.58. The molecular formula is C17H27N3O. The highest BCUT2D eigenvalue weighted by atomic mass is 16.5. The van der Waals surface area contributed by atoms with Crippen molar-refractivity contribution in [3.05, 3.63) is 29.3 Å². The van der Waals surface area contributed by atoms with E-state index >= 15 is 0 Å². The number of piperazine rings is 1. The smallest absolute Gasteiger partial charge is 0.0642 e. The van der Waals surface area contributed by atoms with Crippen LogP contribution >= 0.6 is 0 Å². The first-order valence-corrected chi connectivity index (χ1v) is 8.05. The molecule has 3 rings (SSSR count). The third-order valence-corrected chi connectivity index (χ3v) is 4.50. The van der Waals surface area contributed by atoms with Gasteiger partial charge in [-0.2, -0.15) is 0 Å². The fourth-order valence-corrected chi connectivity index (χ4v) is 3.20. The molecule has 2 aliphatic rings. The molecule has 0 spiro atoms. The molecule has 0 saturated carbocycles. The van der Waals surface area contributed by atoms with Gasteiger partial charge in [0.15, 0.2) is 0 Å². The van der Waals surface area contributed by atoms with E-state index in [9.17, 15) is 0 Å². The van der Waals surface area contributed by atoms with Crippen LogP contribution in [0.2, 0.25) is 0 Å². The maximum atomic E-state index is 5.46. The van der Waals surface area contributed by atoms with Crippen LogP contribution in [0.25, 0.3) is 0 Å². The molecule has 4 nitrogen and oxygen atoms in total. The van der Waals surface area contributed by atoms with Crippen LogP contribution in [0.4, 0.5) is 5.69 Å².